The zero-order chi connectivity index (χ0) is 37.6. The second-order valence-corrected chi connectivity index (χ2v) is 12.7. The monoisotopic (exact) mass is 720 g/mol. The van der Waals surface area contributed by atoms with Gasteiger partial charge in [-0.3, -0.25) is 19.2 Å². The fraction of sp³-hybridized carbons (Fsp3) is 0.486. The highest BCUT2D eigenvalue weighted by atomic mass is 16.6. The molecule has 3 aromatic rings. The molecule has 278 valence electrons. The molecule has 2 aliphatic rings. The number of esters is 2. The summed E-state index contributed by atoms with van der Waals surface area (Å²) in [5.41, 5.74) is 1.85. The average molecular weight is 721 g/mol. The molecule has 2 amide bonds. The molecule has 2 aliphatic heterocycles. The van der Waals surface area contributed by atoms with Crippen LogP contribution in [0.1, 0.15) is 68.7 Å². The Hall–Kier alpha value is -5.15. The Balaban J connectivity index is 1.28. The lowest BCUT2D eigenvalue weighted by Crippen LogP contribution is -2.48. The van der Waals surface area contributed by atoms with Crippen molar-refractivity contribution in [1.82, 2.24) is 20.2 Å². The molecule has 2 N–H and O–H groups in total. The average Bonchev–Trinajstić information content (AvgIpc) is 3.49. The predicted octanol–water partition coefficient (Wildman–Crippen LogP) is 2.22. The van der Waals surface area contributed by atoms with E-state index < -0.39 is 42.7 Å². The lowest BCUT2D eigenvalue weighted by molar-refractivity contribution is -0.192. The number of nitrogens with one attached hydrogen (secondary N) is 2. The van der Waals surface area contributed by atoms with E-state index in [1.165, 1.54) is 14.0 Å². The van der Waals surface area contributed by atoms with E-state index in [9.17, 15) is 28.8 Å². The number of hydrogen-bond acceptors (Lipinski definition) is 12. The van der Waals surface area contributed by atoms with Gasteiger partial charge in [-0.15, -0.1) is 0 Å². The maximum atomic E-state index is 14.0. The van der Waals surface area contributed by atoms with Crippen LogP contribution in [-0.2, 0) is 68.1 Å². The number of Topliss-reactive ketones (excluding diaryl/α,β-unsaturated/α-hetero) is 1. The number of amides is 2. The third-order valence-corrected chi connectivity index (χ3v) is 9.42. The molecule has 5 rings (SSSR count). The molecule has 0 saturated carbocycles. The second-order valence-electron chi connectivity index (χ2n) is 12.7. The molecule has 1 unspecified atom stereocenters. The summed E-state index contributed by atoms with van der Waals surface area (Å²) in [5, 5.41) is 6.21. The Bertz CT molecular complexity index is 1960. The highest BCUT2D eigenvalue weighted by Gasteiger charge is 2.50. The zero-order valence-electron chi connectivity index (χ0n) is 30.1. The van der Waals surface area contributed by atoms with Crippen molar-refractivity contribution in [2.24, 2.45) is 0 Å². The van der Waals surface area contributed by atoms with Crippen molar-refractivity contribution < 1.29 is 47.7 Å². The lowest BCUT2D eigenvalue weighted by Gasteiger charge is -2.35. The Kier molecular flexibility index (Phi) is 12.1. The molecule has 0 saturated heterocycles. The third-order valence-electron chi connectivity index (χ3n) is 9.42. The molecule has 15 nitrogen and oxygen atoms in total. The maximum Gasteiger partial charge on any atom is 0.355 e. The van der Waals surface area contributed by atoms with Gasteiger partial charge < -0.3 is 38.9 Å². The summed E-state index contributed by atoms with van der Waals surface area (Å²) in [6.07, 6.45) is 2.13. The normalized spacial score (nSPS) is 16.3. The van der Waals surface area contributed by atoms with Gasteiger partial charge in [-0.2, -0.15) is 0 Å². The molecule has 2 aromatic heterocycles. The van der Waals surface area contributed by atoms with Crippen molar-refractivity contribution in [2.75, 3.05) is 40.6 Å². The Morgan fingerprint density at radius 2 is 1.81 bits per heavy atom. The van der Waals surface area contributed by atoms with Gasteiger partial charge in [0.05, 0.1) is 42.2 Å². The zero-order valence-corrected chi connectivity index (χ0v) is 30.1. The van der Waals surface area contributed by atoms with E-state index in [4.69, 9.17) is 28.7 Å². The van der Waals surface area contributed by atoms with Crippen molar-refractivity contribution in [3.63, 3.8) is 0 Å². The number of hydrogen-bond donors (Lipinski definition) is 2. The van der Waals surface area contributed by atoms with Crippen molar-refractivity contribution in [2.45, 2.75) is 77.7 Å². The summed E-state index contributed by atoms with van der Waals surface area (Å²) in [6, 6.07) is 6.52. The van der Waals surface area contributed by atoms with Crippen LogP contribution in [-0.4, -0.2) is 85.7 Å². The highest BCUT2D eigenvalue weighted by Crippen LogP contribution is 2.42. The SMILES string of the molecule is CCc1c2c(nc3ccc(OC)cc13)-c1cc3c(c(=O)n1C2)COC(=O)[C@@]3(CC)OC(=O)COCC(=O)NC(CCCCNC(=O)COC)C(C)=O. The number of fused-ring (bicyclic) bond motifs is 5. The number of methoxy groups -OCH3 is 2. The summed E-state index contributed by atoms with van der Waals surface area (Å²) in [6.45, 7) is 4.14. The minimum Gasteiger partial charge on any atom is -0.497 e. The molecular weight excluding hydrogens is 676 g/mol. The molecule has 52 heavy (non-hydrogen) atoms. The van der Waals surface area contributed by atoms with Gasteiger partial charge in [-0.25, -0.2) is 14.6 Å². The number of cyclic esters (lactones) is 1. The van der Waals surface area contributed by atoms with Crippen LogP contribution in [0.2, 0.25) is 0 Å². The fourth-order valence-electron chi connectivity index (χ4n) is 6.78. The van der Waals surface area contributed by atoms with Crippen LogP contribution >= 0.6 is 0 Å². The topological polar surface area (TPSA) is 190 Å². The van der Waals surface area contributed by atoms with Crippen molar-refractivity contribution in [3.05, 3.63) is 56.9 Å². The van der Waals surface area contributed by atoms with Crippen LogP contribution in [0.5, 0.6) is 5.75 Å². The van der Waals surface area contributed by atoms with Gasteiger partial charge in [-0.1, -0.05) is 13.8 Å². The Morgan fingerprint density at radius 1 is 1.02 bits per heavy atom. The minimum atomic E-state index is -1.94. The van der Waals surface area contributed by atoms with Crippen molar-refractivity contribution in [1.29, 1.82) is 0 Å². The van der Waals surface area contributed by atoms with E-state index in [1.54, 1.807) is 24.7 Å². The quantitative estimate of drug-likeness (QED) is 0.120. The first kappa shape index (κ1) is 38.1. The van der Waals surface area contributed by atoms with Crippen LogP contribution in [0.25, 0.3) is 22.3 Å². The number of aryl methyl sites for hydroxylation is 1. The second kappa shape index (κ2) is 16.5. The first-order valence-electron chi connectivity index (χ1n) is 17.3. The molecule has 0 aliphatic carbocycles. The minimum absolute atomic E-state index is 0.0394. The molecular formula is C37H44N4O11. The van der Waals surface area contributed by atoms with Crippen molar-refractivity contribution in [3.8, 4) is 17.1 Å². The molecule has 15 heteroatoms. The van der Waals surface area contributed by atoms with Crippen molar-refractivity contribution >= 4 is 40.4 Å². The first-order chi connectivity index (χ1) is 25.0. The summed E-state index contributed by atoms with van der Waals surface area (Å²) < 4.78 is 28.3. The number of rotatable bonds is 17. The van der Waals surface area contributed by atoms with Crippen LogP contribution in [0.4, 0.5) is 0 Å². The predicted molar refractivity (Wildman–Crippen MR) is 186 cm³/mol. The van der Waals surface area contributed by atoms with Crippen LogP contribution in [0, 0.1) is 0 Å². The largest absolute Gasteiger partial charge is 0.497 e. The summed E-state index contributed by atoms with van der Waals surface area (Å²) in [5.74, 6) is -2.21. The number of carbonyl (C=O) groups is 5. The number of pyridine rings is 2. The maximum absolute atomic E-state index is 14.0. The van der Waals surface area contributed by atoms with Crippen LogP contribution < -0.4 is 20.9 Å². The number of ketones is 1. The molecule has 0 bridgehead atoms. The van der Waals surface area contributed by atoms with Gasteiger partial charge in [0.25, 0.3) is 5.56 Å². The summed E-state index contributed by atoms with van der Waals surface area (Å²) in [7, 11) is 3.02. The Labute approximate surface area is 300 Å². The molecule has 0 radical (unpaired) electrons. The number of benzene rings is 1. The van der Waals surface area contributed by atoms with Crippen LogP contribution in [0.15, 0.2) is 29.1 Å². The number of carbonyl (C=O) groups excluding carboxylic acids is 5. The summed E-state index contributed by atoms with van der Waals surface area (Å²) >= 11 is 0. The molecule has 1 aromatic carbocycles. The smallest absolute Gasteiger partial charge is 0.355 e. The van der Waals surface area contributed by atoms with Gasteiger partial charge >= 0.3 is 11.9 Å². The van der Waals surface area contributed by atoms with Gasteiger partial charge in [-0.05, 0) is 68.9 Å². The van der Waals surface area contributed by atoms with E-state index in [2.05, 4.69) is 10.6 Å². The molecule has 2 atom stereocenters. The van der Waals surface area contributed by atoms with Crippen LogP contribution in [0.3, 0.4) is 0 Å². The number of ether oxygens (including phenoxy) is 5. The Morgan fingerprint density at radius 3 is 2.50 bits per heavy atom. The molecule has 4 heterocycles. The van der Waals surface area contributed by atoms with E-state index in [1.807, 2.05) is 25.1 Å². The number of aromatic nitrogens is 2. The number of unbranched alkanes of at least 4 members (excludes halogenated alkanes) is 1. The van der Waals surface area contributed by atoms with Gasteiger partial charge in [0.1, 0.15) is 32.2 Å². The van der Waals surface area contributed by atoms with E-state index in [0.717, 1.165) is 22.0 Å². The molecule has 0 spiro atoms. The standard InChI is InChI=1S/C37H44N4O11/c1-6-23-24-14-22(49-5)11-12-29(24)40-34-25(23)16-41-30(34)15-27-26(35(41)46)17-51-36(47)37(27,7-2)52-33(45)20-50-19-32(44)39-28(21(3)42)10-8-9-13-38-31(43)18-48-4/h11-12,14-15,28H,6-10,13,16-20H2,1-5H3,(H,38,43)(H,39,44)/t28?,37-/m0/s1. The molecule has 0 fully saturated rings. The highest BCUT2D eigenvalue weighted by molar-refractivity contribution is 5.91. The lowest BCUT2D eigenvalue weighted by atomic mass is 9.85. The fourth-order valence-corrected chi connectivity index (χ4v) is 6.78. The van der Waals surface area contributed by atoms with E-state index >= 15 is 0 Å². The summed E-state index contributed by atoms with van der Waals surface area (Å²) in [4.78, 5) is 81.6. The van der Waals surface area contributed by atoms with Gasteiger partial charge in [0.15, 0.2) is 5.78 Å². The first-order valence-corrected chi connectivity index (χ1v) is 17.3. The van der Waals surface area contributed by atoms with E-state index in [0.29, 0.717) is 49.4 Å². The van der Waals surface area contributed by atoms with Gasteiger partial charge in [0, 0.05) is 30.2 Å². The third kappa shape index (κ3) is 7.70. The van der Waals surface area contributed by atoms with Gasteiger partial charge in [0.2, 0.25) is 17.4 Å². The van der Waals surface area contributed by atoms with E-state index in [-0.39, 0.29) is 54.6 Å². The number of nitrogens with zero attached hydrogens (tertiary/aromatic N) is 2.